The van der Waals surface area contributed by atoms with Gasteiger partial charge >= 0.3 is 6.09 Å². The summed E-state index contributed by atoms with van der Waals surface area (Å²) < 4.78 is 5.22. The van der Waals surface area contributed by atoms with Crippen LogP contribution in [0.2, 0.25) is 0 Å². The summed E-state index contributed by atoms with van der Waals surface area (Å²) in [5, 5.41) is 7.82. The van der Waals surface area contributed by atoms with Gasteiger partial charge in [0.25, 0.3) is 5.91 Å². The number of nitrogens with one attached hydrogen (secondary N) is 3. The Bertz CT molecular complexity index is 992. The molecule has 10 heteroatoms. The molecule has 0 radical (unpaired) electrons. The Morgan fingerprint density at radius 2 is 1.97 bits per heavy atom. The molecular formula is C23H28N4O5S. The number of rotatable bonds is 6. The van der Waals surface area contributed by atoms with E-state index in [1.165, 1.54) is 11.3 Å². The number of aromatic nitrogens is 1. The van der Waals surface area contributed by atoms with Gasteiger partial charge in [0, 0.05) is 17.8 Å². The van der Waals surface area contributed by atoms with E-state index < -0.39 is 35.8 Å². The summed E-state index contributed by atoms with van der Waals surface area (Å²) in [6.45, 7) is 3.93. The second kappa shape index (κ2) is 11.6. The summed E-state index contributed by atoms with van der Waals surface area (Å²) in [5.41, 5.74) is 3.42. The van der Waals surface area contributed by atoms with E-state index in [0.717, 1.165) is 16.1 Å². The quantitative estimate of drug-likeness (QED) is 0.550. The maximum atomic E-state index is 13.0. The van der Waals surface area contributed by atoms with E-state index in [9.17, 15) is 19.2 Å². The Labute approximate surface area is 196 Å². The monoisotopic (exact) mass is 472 g/mol. The number of alkyl carbamates (subject to hydrolysis) is 1. The summed E-state index contributed by atoms with van der Waals surface area (Å²) >= 11 is 1.50. The molecule has 33 heavy (non-hydrogen) atoms. The third-order valence-electron chi connectivity index (χ3n) is 5.32. The van der Waals surface area contributed by atoms with E-state index in [0.29, 0.717) is 19.4 Å². The van der Waals surface area contributed by atoms with Crippen LogP contribution in [0.25, 0.3) is 0 Å². The van der Waals surface area contributed by atoms with E-state index in [1.807, 2.05) is 30.3 Å². The molecular weight excluding hydrogens is 444 g/mol. The molecule has 2 unspecified atom stereocenters. The molecule has 3 N–H and O–H groups in total. The van der Waals surface area contributed by atoms with Crippen LogP contribution in [0.15, 0.2) is 35.8 Å². The average molecular weight is 473 g/mol. The molecule has 0 fully saturated rings. The lowest BCUT2D eigenvalue weighted by molar-refractivity contribution is -0.140. The van der Waals surface area contributed by atoms with E-state index in [4.69, 9.17) is 4.74 Å². The molecule has 3 rings (SSSR count). The molecule has 1 aromatic heterocycles. The van der Waals surface area contributed by atoms with E-state index in [-0.39, 0.29) is 18.9 Å². The summed E-state index contributed by atoms with van der Waals surface area (Å²) in [6.07, 6.45) is 0.565. The lowest BCUT2D eigenvalue weighted by Crippen LogP contribution is -2.55. The Hall–Kier alpha value is -3.27. The van der Waals surface area contributed by atoms with Gasteiger partial charge in [0.2, 0.25) is 11.7 Å². The minimum Gasteiger partial charge on any atom is -0.445 e. The third kappa shape index (κ3) is 6.85. The zero-order valence-electron chi connectivity index (χ0n) is 18.6. The summed E-state index contributed by atoms with van der Waals surface area (Å²) in [5.74, 6) is -2.27. The summed E-state index contributed by atoms with van der Waals surface area (Å²) in [4.78, 5) is 55.6. The van der Waals surface area contributed by atoms with Gasteiger partial charge in [-0.3, -0.25) is 14.4 Å². The van der Waals surface area contributed by atoms with Gasteiger partial charge < -0.3 is 20.7 Å². The minimum atomic E-state index is -1.02. The number of carbonyl (C=O) groups excluding carboxylic acids is 4. The zero-order valence-corrected chi connectivity index (χ0v) is 19.4. The number of nitrogens with zero attached hydrogens (tertiary/aromatic N) is 1. The predicted octanol–water partition coefficient (Wildman–Crippen LogP) is 1.75. The number of benzene rings is 1. The minimum absolute atomic E-state index is 0.0658. The molecule has 0 bridgehead atoms. The van der Waals surface area contributed by atoms with Gasteiger partial charge in [-0.2, -0.15) is 0 Å². The van der Waals surface area contributed by atoms with Gasteiger partial charge in [-0.05, 0) is 24.3 Å². The Kier molecular flexibility index (Phi) is 8.53. The SMILES string of the molecule is CC(C)C(NC(=O)OCc1ccccc1)C(=O)NC1CCc2ncsc2CCNC(=O)C1=O. The molecule has 3 amide bonds. The lowest BCUT2D eigenvalue weighted by Gasteiger charge is -2.25. The second-order valence-electron chi connectivity index (χ2n) is 8.12. The Balaban J connectivity index is 1.64. The smallest absolute Gasteiger partial charge is 0.408 e. The van der Waals surface area contributed by atoms with Gasteiger partial charge in [-0.25, -0.2) is 9.78 Å². The molecule has 9 nitrogen and oxygen atoms in total. The number of amides is 3. The van der Waals surface area contributed by atoms with Crippen molar-refractivity contribution in [2.24, 2.45) is 5.92 Å². The van der Waals surface area contributed by atoms with E-state index in [2.05, 4.69) is 20.9 Å². The number of thiazole rings is 1. The van der Waals surface area contributed by atoms with Crippen LogP contribution >= 0.6 is 11.3 Å². The van der Waals surface area contributed by atoms with Crippen molar-refractivity contribution >= 4 is 35.0 Å². The fraction of sp³-hybridized carbons (Fsp3) is 0.435. The van der Waals surface area contributed by atoms with Crippen LogP contribution in [-0.4, -0.2) is 47.3 Å². The van der Waals surface area contributed by atoms with Crippen LogP contribution in [0, 0.1) is 5.92 Å². The topological polar surface area (TPSA) is 126 Å². The van der Waals surface area contributed by atoms with Gasteiger partial charge in [-0.1, -0.05) is 44.2 Å². The molecule has 176 valence electrons. The van der Waals surface area contributed by atoms with Gasteiger partial charge in [0.05, 0.1) is 17.2 Å². The predicted molar refractivity (Wildman–Crippen MR) is 122 cm³/mol. The van der Waals surface area contributed by atoms with Crippen molar-refractivity contribution in [3.8, 4) is 0 Å². The number of ketones is 1. The van der Waals surface area contributed by atoms with Crippen LogP contribution in [0.5, 0.6) is 0 Å². The fourth-order valence-electron chi connectivity index (χ4n) is 3.47. The van der Waals surface area contributed by atoms with Crippen LogP contribution in [0.4, 0.5) is 4.79 Å². The highest BCUT2D eigenvalue weighted by atomic mass is 32.1. The van der Waals surface area contributed by atoms with Gasteiger partial charge in [-0.15, -0.1) is 11.3 Å². The Morgan fingerprint density at radius 1 is 1.21 bits per heavy atom. The molecule has 1 aromatic carbocycles. The van der Waals surface area contributed by atoms with Crippen molar-refractivity contribution in [1.82, 2.24) is 20.9 Å². The standard InChI is InChI=1S/C23H28N4O5S/c1-14(2)19(27-23(31)32-12-15-6-4-3-5-7-15)21(29)26-17-9-8-16-18(33-13-25-16)10-11-24-22(30)20(17)28/h3-7,13-14,17,19H,8-12H2,1-2H3,(H,24,30)(H,26,29)(H,27,31). The van der Waals surface area contributed by atoms with Crippen molar-refractivity contribution in [1.29, 1.82) is 0 Å². The molecule has 2 aromatic rings. The normalized spacial score (nSPS) is 17.5. The number of ether oxygens (including phenoxy) is 1. The number of Topliss-reactive ketones (excluding diaryl/α,β-unsaturated/α-hetero) is 1. The number of fused-ring (bicyclic) bond motifs is 1. The highest BCUT2D eigenvalue weighted by Crippen LogP contribution is 2.17. The van der Waals surface area contributed by atoms with Crippen LogP contribution < -0.4 is 16.0 Å². The summed E-state index contributed by atoms with van der Waals surface area (Å²) in [6, 6.07) is 7.22. The first-order valence-electron chi connectivity index (χ1n) is 10.9. The highest BCUT2D eigenvalue weighted by Gasteiger charge is 2.32. The average Bonchev–Trinajstić information content (AvgIpc) is 3.25. The zero-order chi connectivity index (χ0) is 23.8. The van der Waals surface area contributed by atoms with Crippen molar-refractivity contribution < 1.29 is 23.9 Å². The van der Waals surface area contributed by atoms with Crippen LogP contribution in [-0.2, 0) is 38.6 Å². The maximum Gasteiger partial charge on any atom is 0.408 e. The Morgan fingerprint density at radius 3 is 2.70 bits per heavy atom. The molecule has 0 saturated heterocycles. The number of hydrogen-bond donors (Lipinski definition) is 3. The molecule has 2 atom stereocenters. The molecule has 0 saturated carbocycles. The molecule has 2 heterocycles. The van der Waals surface area contributed by atoms with Crippen LogP contribution in [0.1, 0.15) is 36.4 Å². The fourth-order valence-corrected chi connectivity index (χ4v) is 4.29. The second-order valence-corrected chi connectivity index (χ2v) is 9.06. The van der Waals surface area contributed by atoms with Crippen LogP contribution in [0.3, 0.4) is 0 Å². The first-order valence-corrected chi connectivity index (χ1v) is 11.7. The van der Waals surface area contributed by atoms with Crippen molar-refractivity contribution in [3.63, 3.8) is 0 Å². The van der Waals surface area contributed by atoms with Gasteiger partial charge in [0.15, 0.2) is 0 Å². The first-order chi connectivity index (χ1) is 15.8. The lowest BCUT2D eigenvalue weighted by atomic mass is 9.99. The first kappa shape index (κ1) is 24.4. The third-order valence-corrected chi connectivity index (χ3v) is 6.26. The van der Waals surface area contributed by atoms with Crippen molar-refractivity contribution in [2.75, 3.05) is 6.54 Å². The summed E-state index contributed by atoms with van der Waals surface area (Å²) in [7, 11) is 0. The van der Waals surface area contributed by atoms with Gasteiger partial charge in [0.1, 0.15) is 12.6 Å². The maximum absolute atomic E-state index is 13.0. The highest BCUT2D eigenvalue weighted by molar-refractivity contribution is 7.09. The number of aryl methyl sites for hydroxylation is 1. The number of hydrogen-bond acceptors (Lipinski definition) is 7. The largest absolute Gasteiger partial charge is 0.445 e. The van der Waals surface area contributed by atoms with Crippen molar-refractivity contribution in [3.05, 3.63) is 52.0 Å². The van der Waals surface area contributed by atoms with E-state index in [1.54, 1.807) is 19.4 Å². The van der Waals surface area contributed by atoms with Crippen molar-refractivity contribution in [2.45, 2.75) is 51.8 Å². The van der Waals surface area contributed by atoms with E-state index >= 15 is 0 Å². The molecule has 0 aliphatic carbocycles. The number of carbonyl (C=O) groups is 4. The molecule has 1 aliphatic heterocycles. The molecule has 0 spiro atoms. The molecule has 1 aliphatic rings.